The van der Waals surface area contributed by atoms with Crippen molar-refractivity contribution in [2.75, 3.05) is 13.1 Å². The lowest BCUT2D eigenvalue weighted by molar-refractivity contribution is -0.376. The number of benzene rings is 2. The molecule has 0 aliphatic carbocycles. The number of likely N-dealkylation sites (tertiary alicyclic amines) is 1. The maximum Gasteiger partial charge on any atom is 0.430 e. The molecule has 1 unspecified atom stereocenters. The molecule has 36 heavy (non-hydrogen) atoms. The zero-order chi connectivity index (χ0) is 27.4. The van der Waals surface area contributed by atoms with Crippen LogP contribution in [-0.4, -0.2) is 52.4 Å². The van der Waals surface area contributed by atoms with Gasteiger partial charge in [-0.1, -0.05) is 30.3 Å². The molecule has 12 heteroatoms. The van der Waals surface area contributed by atoms with Crippen LogP contribution in [0, 0.1) is 5.82 Å². The summed E-state index contributed by atoms with van der Waals surface area (Å²) in [5.41, 5.74) is -6.55. The van der Waals surface area contributed by atoms with Gasteiger partial charge in [0.15, 0.2) is 0 Å². The molecule has 1 aliphatic rings. The summed E-state index contributed by atoms with van der Waals surface area (Å²) >= 11 is 1.68. The lowest BCUT2D eigenvalue weighted by Crippen LogP contribution is -2.53. The molecule has 2 aromatic rings. The molecule has 0 bridgehead atoms. The van der Waals surface area contributed by atoms with Gasteiger partial charge in [0, 0.05) is 28.8 Å². The van der Waals surface area contributed by atoms with Gasteiger partial charge in [0.1, 0.15) is 11.4 Å². The Labute approximate surface area is 208 Å². The SMILES string of the molecule is CC(C)(C)OC(=O)N1CCC(Sc2ccc(F)cc2)C1.OC(c1ccccc1)(C(F)(F)F)C(F)(F)F. The highest BCUT2D eigenvalue weighted by atomic mass is 32.2. The number of amides is 1. The maximum atomic E-state index is 12.8. The summed E-state index contributed by atoms with van der Waals surface area (Å²) < 4.78 is 92.1. The topological polar surface area (TPSA) is 49.8 Å². The smallest absolute Gasteiger partial charge is 0.430 e. The zero-order valence-electron chi connectivity index (χ0n) is 19.7. The number of thioether (sulfide) groups is 1. The standard InChI is InChI=1S/C15H20FNO2S.C9H6F6O/c1-15(2,3)19-14(18)17-9-8-13(10-17)20-12-6-4-11(16)5-7-12;10-8(11,12)7(16,9(13,14)15)6-4-2-1-3-5-6/h4-7,13H,8-10H2,1-3H3;1-5,16H. The van der Waals surface area contributed by atoms with Crippen LogP contribution >= 0.6 is 11.8 Å². The van der Waals surface area contributed by atoms with Gasteiger partial charge in [-0.25, -0.2) is 9.18 Å². The number of hydrogen-bond acceptors (Lipinski definition) is 4. The quantitative estimate of drug-likeness (QED) is 0.429. The summed E-state index contributed by atoms with van der Waals surface area (Å²) in [6.45, 7) is 6.99. The molecule has 0 radical (unpaired) electrons. The van der Waals surface area contributed by atoms with Crippen molar-refractivity contribution in [1.29, 1.82) is 0 Å². The molecule has 0 aromatic heterocycles. The monoisotopic (exact) mass is 541 g/mol. The van der Waals surface area contributed by atoms with Crippen LogP contribution in [0.3, 0.4) is 0 Å². The predicted octanol–water partition coefficient (Wildman–Crippen LogP) is 6.93. The Balaban J connectivity index is 0.000000261. The fourth-order valence-corrected chi connectivity index (χ4v) is 4.35. The second-order valence-electron chi connectivity index (χ2n) is 8.98. The van der Waals surface area contributed by atoms with Crippen molar-refractivity contribution in [3.8, 4) is 0 Å². The Kier molecular flexibility index (Phi) is 9.33. The summed E-state index contributed by atoms with van der Waals surface area (Å²) in [4.78, 5) is 14.7. The maximum absolute atomic E-state index is 12.8. The fraction of sp³-hybridized carbons (Fsp3) is 0.458. The lowest BCUT2D eigenvalue weighted by Gasteiger charge is -2.32. The van der Waals surface area contributed by atoms with Crippen molar-refractivity contribution in [1.82, 2.24) is 4.90 Å². The summed E-state index contributed by atoms with van der Waals surface area (Å²) in [5.74, 6) is -0.226. The van der Waals surface area contributed by atoms with Gasteiger partial charge in [0.05, 0.1) is 0 Å². The first-order valence-electron chi connectivity index (χ1n) is 10.8. The second kappa shape index (κ2) is 11.3. The van der Waals surface area contributed by atoms with E-state index in [9.17, 15) is 35.5 Å². The molecule has 4 nitrogen and oxygen atoms in total. The van der Waals surface area contributed by atoms with Gasteiger partial charge in [-0.3, -0.25) is 0 Å². The Morgan fingerprint density at radius 1 is 0.944 bits per heavy atom. The molecule has 1 N–H and O–H groups in total. The van der Waals surface area contributed by atoms with Crippen LogP contribution < -0.4 is 0 Å². The molecular formula is C24H26F7NO3S. The molecular weight excluding hydrogens is 515 g/mol. The molecule has 1 amide bonds. The minimum absolute atomic E-state index is 0.226. The second-order valence-corrected chi connectivity index (χ2v) is 10.4. The molecule has 1 atom stereocenters. The van der Waals surface area contributed by atoms with Crippen molar-refractivity contribution in [2.45, 2.75) is 60.9 Å². The first kappa shape index (κ1) is 29.8. The highest BCUT2D eigenvalue weighted by Crippen LogP contribution is 2.49. The minimum Gasteiger partial charge on any atom is -0.444 e. The van der Waals surface area contributed by atoms with Gasteiger partial charge in [-0.05, 0) is 51.5 Å². The first-order chi connectivity index (χ1) is 16.4. The Hall–Kier alpha value is -2.47. The van der Waals surface area contributed by atoms with E-state index in [0.29, 0.717) is 30.5 Å². The van der Waals surface area contributed by atoms with E-state index in [4.69, 9.17) is 9.84 Å². The van der Waals surface area contributed by atoms with E-state index in [0.717, 1.165) is 23.4 Å². The number of alkyl halides is 6. The van der Waals surface area contributed by atoms with E-state index in [1.807, 2.05) is 20.8 Å². The van der Waals surface area contributed by atoms with E-state index in [2.05, 4.69) is 0 Å². The van der Waals surface area contributed by atoms with Crippen LogP contribution in [-0.2, 0) is 10.3 Å². The van der Waals surface area contributed by atoms with Crippen LogP contribution in [0.25, 0.3) is 0 Å². The molecule has 1 heterocycles. The van der Waals surface area contributed by atoms with Crippen LogP contribution in [0.5, 0.6) is 0 Å². The molecule has 2 aromatic carbocycles. The number of carbonyl (C=O) groups is 1. The van der Waals surface area contributed by atoms with Crippen LogP contribution in [0.15, 0.2) is 59.5 Å². The largest absolute Gasteiger partial charge is 0.444 e. The van der Waals surface area contributed by atoms with Gasteiger partial charge in [-0.15, -0.1) is 11.8 Å². The van der Waals surface area contributed by atoms with Crippen LogP contribution in [0.1, 0.15) is 32.8 Å². The number of hydrogen-bond donors (Lipinski definition) is 1. The van der Waals surface area contributed by atoms with Gasteiger partial charge in [0.25, 0.3) is 5.60 Å². The molecule has 1 saturated heterocycles. The average molecular weight is 542 g/mol. The third-order valence-corrected chi connectivity index (χ3v) is 6.19. The Morgan fingerprint density at radius 3 is 1.94 bits per heavy atom. The van der Waals surface area contributed by atoms with Crippen LogP contribution in [0.2, 0.25) is 0 Å². The molecule has 3 rings (SSSR count). The van der Waals surface area contributed by atoms with Gasteiger partial charge in [0.2, 0.25) is 0 Å². The van der Waals surface area contributed by atoms with E-state index in [1.54, 1.807) is 28.8 Å². The van der Waals surface area contributed by atoms with E-state index in [1.165, 1.54) is 18.2 Å². The Morgan fingerprint density at radius 2 is 1.47 bits per heavy atom. The fourth-order valence-electron chi connectivity index (χ4n) is 3.19. The van der Waals surface area contributed by atoms with Gasteiger partial charge in [-0.2, -0.15) is 26.3 Å². The average Bonchev–Trinajstić information content (AvgIpc) is 3.22. The van der Waals surface area contributed by atoms with E-state index in [-0.39, 0.29) is 11.9 Å². The van der Waals surface area contributed by atoms with Crippen molar-refractivity contribution >= 4 is 17.9 Å². The molecule has 200 valence electrons. The molecule has 1 aliphatic heterocycles. The van der Waals surface area contributed by atoms with Gasteiger partial charge < -0.3 is 14.7 Å². The number of ether oxygens (including phenoxy) is 1. The summed E-state index contributed by atoms with van der Waals surface area (Å²) in [5, 5.41) is 9.25. The van der Waals surface area contributed by atoms with Gasteiger partial charge >= 0.3 is 18.4 Å². The highest BCUT2D eigenvalue weighted by Gasteiger charge is 2.71. The molecule has 0 saturated carbocycles. The number of rotatable bonds is 3. The number of nitrogens with zero attached hydrogens (tertiary/aromatic N) is 1. The molecule has 0 spiro atoms. The lowest BCUT2D eigenvalue weighted by atomic mass is 9.92. The van der Waals surface area contributed by atoms with E-state index >= 15 is 0 Å². The third kappa shape index (κ3) is 7.76. The van der Waals surface area contributed by atoms with Crippen LogP contribution in [0.4, 0.5) is 35.5 Å². The number of carbonyl (C=O) groups excluding carboxylic acids is 1. The minimum atomic E-state index is -5.83. The third-order valence-electron chi connectivity index (χ3n) is 4.93. The number of aliphatic hydroxyl groups is 1. The predicted molar refractivity (Wildman–Crippen MR) is 121 cm³/mol. The first-order valence-corrected chi connectivity index (χ1v) is 11.6. The summed E-state index contributed by atoms with van der Waals surface area (Å²) in [6, 6.07) is 10.8. The van der Waals surface area contributed by atoms with Crippen molar-refractivity contribution in [2.24, 2.45) is 0 Å². The van der Waals surface area contributed by atoms with Crippen molar-refractivity contribution < 1.29 is 45.4 Å². The van der Waals surface area contributed by atoms with E-state index < -0.39 is 29.1 Å². The summed E-state index contributed by atoms with van der Waals surface area (Å²) in [6.07, 6.45) is -11.0. The zero-order valence-corrected chi connectivity index (χ0v) is 20.5. The van der Waals surface area contributed by atoms with Crippen molar-refractivity contribution in [3.63, 3.8) is 0 Å². The van der Waals surface area contributed by atoms with Crippen molar-refractivity contribution in [3.05, 3.63) is 66.0 Å². The molecule has 1 fully saturated rings. The highest BCUT2D eigenvalue weighted by molar-refractivity contribution is 8.00. The number of halogens is 7. The Bertz CT molecular complexity index is 976. The summed E-state index contributed by atoms with van der Waals surface area (Å²) in [7, 11) is 0. The normalized spacial score (nSPS) is 16.9.